The molecule has 2 aromatic rings. The Morgan fingerprint density at radius 3 is 2.72 bits per heavy atom. The highest BCUT2D eigenvalue weighted by Gasteiger charge is 2.25. The molecule has 0 N–H and O–H groups in total. The Morgan fingerprint density at radius 1 is 1.32 bits per heavy atom. The van der Waals surface area contributed by atoms with Crippen molar-refractivity contribution in [2.45, 2.75) is 19.8 Å². The number of hydrogen-bond acceptors (Lipinski definition) is 4. The van der Waals surface area contributed by atoms with Crippen LogP contribution in [0.3, 0.4) is 0 Å². The van der Waals surface area contributed by atoms with E-state index in [1.54, 1.807) is 11.8 Å². The number of carbonyl (C=O) groups excluding carboxylic acids is 1. The van der Waals surface area contributed by atoms with E-state index >= 15 is 0 Å². The molecule has 0 saturated heterocycles. The number of non-ortho nitro benzene ring substituents is 1. The topological polar surface area (TPSA) is 72.7 Å². The van der Waals surface area contributed by atoms with Gasteiger partial charge in [0, 0.05) is 18.7 Å². The van der Waals surface area contributed by atoms with Crippen molar-refractivity contribution in [1.82, 2.24) is 0 Å². The van der Waals surface area contributed by atoms with Crippen LogP contribution in [-0.2, 0) is 11.2 Å². The lowest BCUT2D eigenvalue weighted by atomic mass is 9.98. The standard InChI is InChI=1S/C18H17FN2O4/c1-12-9-14(19)10-13-3-2-8-20(18(12)13)17(22)11-25-16-6-4-15(5-7-16)21(23)24/h4-7,9-10H,2-3,8,11H2,1H3. The maximum Gasteiger partial charge on any atom is 0.269 e. The molecule has 1 heterocycles. The van der Waals surface area contributed by atoms with E-state index in [1.807, 2.05) is 0 Å². The zero-order chi connectivity index (χ0) is 18.0. The summed E-state index contributed by atoms with van der Waals surface area (Å²) in [6.45, 7) is 2.15. The molecule has 3 rings (SSSR count). The first-order valence-electron chi connectivity index (χ1n) is 7.92. The normalized spacial score (nSPS) is 13.3. The Hall–Kier alpha value is -2.96. The monoisotopic (exact) mass is 344 g/mol. The first kappa shape index (κ1) is 16.9. The van der Waals surface area contributed by atoms with Gasteiger partial charge in [0.25, 0.3) is 11.6 Å². The number of aryl methyl sites for hydroxylation is 2. The van der Waals surface area contributed by atoms with Gasteiger partial charge in [0.05, 0.1) is 10.6 Å². The summed E-state index contributed by atoms with van der Waals surface area (Å²) in [5.74, 6) is -0.145. The number of fused-ring (bicyclic) bond motifs is 1. The highest BCUT2D eigenvalue weighted by molar-refractivity contribution is 5.96. The number of halogens is 1. The highest BCUT2D eigenvalue weighted by Crippen LogP contribution is 2.31. The Balaban J connectivity index is 1.71. The molecule has 0 spiro atoms. The molecule has 25 heavy (non-hydrogen) atoms. The summed E-state index contributed by atoms with van der Waals surface area (Å²) >= 11 is 0. The minimum atomic E-state index is -0.499. The number of carbonyl (C=O) groups is 1. The Morgan fingerprint density at radius 2 is 2.04 bits per heavy atom. The molecule has 0 unspecified atom stereocenters. The molecule has 0 saturated carbocycles. The fourth-order valence-corrected chi connectivity index (χ4v) is 3.06. The van der Waals surface area contributed by atoms with Crippen LogP contribution in [0, 0.1) is 22.9 Å². The molecule has 7 heteroatoms. The van der Waals surface area contributed by atoms with Crippen LogP contribution in [0.1, 0.15) is 17.5 Å². The van der Waals surface area contributed by atoms with Gasteiger partial charge in [-0.05, 0) is 55.2 Å². The summed E-state index contributed by atoms with van der Waals surface area (Å²) in [7, 11) is 0. The summed E-state index contributed by atoms with van der Waals surface area (Å²) in [4.78, 5) is 24.3. The van der Waals surface area contributed by atoms with Gasteiger partial charge in [-0.2, -0.15) is 0 Å². The molecule has 130 valence electrons. The van der Waals surface area contributed by atoms with Crippen molar-refractivity contribution in [3.05, 3.63) is 63.5 Å². The van der Waals surface area contributed by atoms with Gasteiger partial charge in [-0.25, -0.2) is 4.39 Å². The van der Waals surface area contributed by atoms with Gasteiger partial charge in [0.15, 0.2) is 6.61 Å². The second-order valence-electron chi connectivity index (χ2n) is 5.92. The lowest BCUT2D eigenvalue weighted by Crippen LogP contribution is -2.39. The number of anilines is 1. The van der Waals surface area contributed by atoms with Gasteiger partial charge in [0.2, 0.25) is 0 Å². The van der Waals surface area contributed by atoms with Crippen molar-refractivity contribution in [2.75, 3.05) is 18.1 Å². The summed E-state index contributed by atoms with van der Waals surface area (Å²) in [5.41, 5.74) is 2.26. The van der Waals surface area contributed by atoms with Crippen LogP contribution in [0.15, 0.2) is 36.4 Å². The summed E-state index contributed by atoms with van der Waals surface area (Å²) in [6, 6.07) is 8.44. The molecule has 2 aromatic carbocycles. The number of nitro benzene ring substituents is 1. The second-order valence-corrected chi connectivity index (χ2v) is 5.92. The molecule has 0 bridgehead atoms. The average Bonchev–Trinajstić information content (AvgIpc) is 2.59. The van der Waals surface area contributed by atoms with Gasteiger partial charge >= 0.3 is 0 Å². The number of hydrogen-bond donors (Lipinski definition) is 0. The molecule has 1 aliphatic rings. The van der Waals surface area contributed by atoms with E-state index in [1.165, 1.54) is 36.4 Å². The zero-order valence-electron chi connectivity index (χ0n) is 13.7. The smallest absolute Gasteiger partial charge is 0.269 e. The quantitative estimate of drug-likeness (QED) is 0.629. The molecule has 6 nitrogen and oxygen atoms in total. The minimum absolute atomic E-state index is 0.0405. The summed E-state index contributed by atoms with van der Waals surface area (Å²) in [6.07, 6.45) is 1.50. The van der Waals surface area contributed by atoms with E-state index < -0.39 is 4.92 Å². The first-order chi connectivity index (χ1) is 12.0. The lowest BCUT2D eigenvalue weighted by Gasteiger charge is -2.31. The van der Waals surface area contributed by atoms with Crippen LogP contribution in [-0.4, -0.2) is 24.0 Å². The van der Waals surface area contributed by atoms with Gasteiger partial charge in [0.1, 0.15) is 11.6 Å². The van der Waals surface area contributed by atoms with Crippen LogP contribution in [0.5, 0.6) is 5.75 Å². The third-order valence-electron chi connectivity index (χ3n) is 4.15. The number of ether oxygens (including phenoxy) is 1. The number of nitrogens with zero attached hydrogens (tertiary/aromatic N) is 2. The highest BCUT2D eigenvalue weighted by atomic mass is 19.1. The second kappa shape index (κ2) is 6.88. The molecule has 0 radical (unpaired) electrons. The van der Waals surface area contributed by atoms with Crippen LogP contribution in [0.4, 0.5) is 15.8 Å². The van der Waals surface area contributed by atoms with Crippen LogP contribution in [0.25, 0.3) is 0 Å². The van der Waals surface area contributed by atoms with Crippen molar-refractivity contribution >= 4 is 17.3 Å². The number of rotatable bonds is 4. The zero-order valence-corrected chi connectivity index (χ0v) is 13.7. The van der Waals surface area contributed by atoms with E-state index in [0.717, 1.165) is 29.7 Å². The van der Waals surface area contributed by atoms with E-state index in [4.69, 9.17) is 4.74 Å². The summed E-state index contributed by atoms with van der Waals surface area (Å²) < 4.78 is 19.0. The SMILES string of the molecule is Cc1cc(F)cc2c1N(C(=O)COc1ccc([N+](=O)[O-])cc1)CCC2. The Labute approximate surface area is 144 Å². The van der Waals surface area contributed by atoms with Crippen LogP contribution in [0.2, 0.25) is 0 Å². The lowest BCUT2D eigenvalue weighted by molar-refractivity contribution is -0.384. The van der Waals surface area contributed by atoms with Crippen molar-refractivity contribution in [1.29, 1.82) is 0 Å². The van der Waals surface area contributed by atoms with Crippen molar-refractivity contribution in [3.63, 3.8) is 0 Å². The Bertz CT molecular complexity index is 821. The maximum absolute atomic E-state index is 13.6. The molecular weight excluding hydrogens is 327 g/mol. The number of amides is 1. The molecule has 1 aliphatic heterocycles. The van der Waals surface area contributed by atoms with Crippen LogP contribution < -0.4 is 9.64 Å². The minimum Gasteiger partial charge on any atom is -0.484 e. The molecular formula is C18H17FN2O4. The van der Waals surface area contributed by atoms with Gasteiger partial charge < -0.3 is 9.64 Å². The Kier molecular flexibility index (Phi) is 4.65. The van der Waals surface area contributed by atoms with E-state index in [9.17, 15) is 19.3 Å². The van der Waals surface area contributed by atoms with Crippen molar-refractivity contribution in [3.8, 4) is 5.75 Å². The molecule has 0 fully saturated rings. The molecule has 0 aliphatic carbocycles. The molecule has 0 aromatic heterocycles. The third kappa shape index (κ3) is 3.60. The van der Waals surface area contributed by atoms with Crippen molar-refractivity contribution < 1.29 is 18.8 Å². The number of nitro groups is 1. The van der Waals surface area contributed by atoms with Gasteiger partial charge in [-0.15, -0.1) is 0 Å². The fourth-order valence-electron chi connectivity index (χ4n) is 3.06. The molecule has 1 amide bonds. The predicted molar refractivity (Wildman–Crippen MR) is 90.4 cm³/mol. The van der Waals surface area contributed by atoms with Crippen molar-refractivity contribution in [2.24, 2.45) is 0 Å². The van der Waals surface area contributed by atoms with Gasteiger partial charge in [-0.3, -0.25) is 14.9 Å². The summed E-state index contributed by atoms with van der Waals surface area (Å²) in [5, 5.41) is 10.6. The van der Waals surface area contributed by atoms with E-state index in [0.29, 0.717) is 12.3 Å². The largest absolute Gasteiger partial charge is 0.484 e. The van der Waals surface area contributed by atoms with Gasteiger partial charge in [-0.1, -0.05) is 0 Å². The number of benzene rings is 2. The first-order valence-corrected chi connectivity index (χ1v) is 7.92. The van der Waals surface area contributed by atoms with E-state index in [2.05, 4.69) is 0 Å². The molecule has 0 atom stereocenters. The average molecular weight is 344 g/mol. The fraction of sp³-hybridized carbons (Fsp3) is 0.278. The van der Waals surface area contributed by atoms with E-state index in [-0.39, 0.29) is 24.0 Å². The maximum atomic E-state index is 13.6. The third-order valence-corrected chi connectivity index (χ3v) is 4.15. The predicted octanol–water partition coefficient (Wildman–Crippen LogP) is 3.40. The van der Waals surface area contributed by atoms with Crippen LogP contribution >= 0.6 is 0 Å².